The van der Waals surface area contributed by atoms with E-state index in [9.17, 15) is 10.2 Å². The van der Waals surface area contributed by atoms with Gasteiger partial charge < -0.3 is 14.9 Å². The maximum atomic E-state index is 10.8. The third-order valence-electron chi connectivity index (χ3n) is 10.5. The van der Waals surface area contributed by atoms with Gasteiger partial charge in [0.15, 0.2) is 0 Å². The van der Waals surface area contributed by atoms with Crippen molar-refractivity contribution in [3.05, 3.63) is 0 Å². The van der Waals surface area contributed by atoms with Crippen LogP contribution in [0.25, 0.3) is 0 Å². The number of fused-ring (bicyclic) bond motifs is 4. The van der Waals surface area contributed by atoms with E-state index in [0.29, 0.717) is 28.8 Å². The van der Waals surface area contributed by atoms with Crippen LogP contribution in [0, 0.1) is 45.8 Å². The van der Waals surface area contributed by atoms with Gasteiger partial charge in [-0.25, -0.2) is 0 Å². The first-order chi connectivity index (χ1) is 11.8. The number of methoxy groups -OCH3 is 1. The number of aliphatic hydroxyl groups excluding tert-OH is 2. The minimum absolute atomic E-state index is 0.0420. The Kier molecular flexibility index (Phi) is 3.42. The fourth-order valence-corrected chi connectivity index (χ4v) is 9.50. The van der Waals surface area contributed by atoms with Crippen LogP contribution >= 0.6 is 0 Å². The summed E-state index contributed by atoms with van der Waals surface area (Å²) in [6.07, 6.45) is 8.38. The van der Waals surface area contributed by atoms with Crippen LogP contribution in [0.5, 0.6) is 0 Å². The molecule has 2 N–H and O–H groups in total. The molecule has 5 saturated carbocycles. The second kappa shape index (κ2) is 5.02. The van der Waals surface area contributed by atoms with E-state index in [1.54, 1.807) is 0 Å². The van der Waals surface area contributed by atoms with Gasteiger partial charge >= 0.3 is 0 Å². The maximum absolute atomic E-state index is 10.8. The zero-order valence-corrected chi connectivity index (χ0v) is 16.4. The molecule has 0 radical (unpaired) electrons. The number of aliphatic hydroxyl groups is 2. The van der Waals surface area contributed by atoms with Gasteiger partial charge in [-0.3, -0.25) is 0 Å². The monoisotopic (exact) mass is 348 g/mol. The van der Waals surface area contributed by atoms with Gasteiger partial charge in [-0.15, -0.1) is 0 Å². The lowest BCUT2D eigenvalue weighted by molar-refractivity contribution is -0.163. The Balaban J connectivity index is 1.53. The summed E-state index contributed by atoms with van der Waals surface area (Å²) in [4.78, 5) is 0. The Bertz CT molecular complexity index is 576. The molecule has 5 aliphatic rings. The van der Waals surface area contributed by atoms with Gasteiger partial charge in [0.05, 0.1) is 18.3 Å². The molecule has 5 rings (SSSR count). The van der Waals surface area contributed by atoms with Crippen molar-refractivity contribution in [2.45, 2.75) is 84.0 Å². The first-order valence-electron chi connectivity index (χ1n) is 10.7. The van der Waals surface area contributed by atoms with E-state index in [4.69, 9.17) is 4.74 Å². The van der Waals surface area contributed by atoms with Crippen LogP contribution in [0.1, 0.15) is 65.7 Å². The minimum atomic E-state index is -0.412. The summed E-state index contributed by atoms with van der Waals surface area (Å²) in [6.45, 7) is 6.84. The number of rotatable bonds is 2. The van der Waals surface area contributed by atoms with Gasteiger partial charge in [0.25, 0.3) is 0 Å². The Morgan fingerprint density at radius 1 is 1.08 bits per heavy atom. The van der Waals surface area contributed by atoms with Crippen LogP contribution in [0.3, 0.4) is 0 Å². The molecule has 5 fully saturated rings. The standard InChI is InChI=1S/C22H36O3/c1-12(23)19-17(24)10-16-14-9-18(25-4)22-11-13(22)5-8-21(22,3)15(14)6-7-20(16,19)2/h12-19,23-24H,5-11H2,1-4H3/t12-,13+,14+,15-,16-,17+,18+,19-,20-,21+,22-/m0/s1. The van der Waals surface area contributed by atoms with Gasteiger partial charge in [-0.2, -0.15) is 0 Å². The molecule has 3 nitrogen and oxygen atoms in total. The van der Waals surface area contributed by atoms with Gasteiger partial charge in [-0.1, -0.05) is 13.8 Å². The molecule has 25 heavy (non-hydrogen) atoms. The summed E-state index contributed by atoms with van der Waals surface area (Å²) in [5.41, 5.74) is 1.00. The van der Waals surface area contributed by atoms with Crippen LogP contribution < -0.4 is 0 Å². The molecular formula is C22H36O3. The van der Waals surface area contributed by atoms with E-state index >= 15 is 0 Å². The quantitative estimate of drug-likeness (QED) is 0.801. The molecule has 0 aliphatic heterocycles. The van der Waals surface area contributed by atoms with Gasteiger partial charge in [-0.05, 0) is 86.4 Å². The summed E-state index contributed by atoms with van der Waals surface area (Å²) in [5, 5.41) is 21.2. The zero-order chi connectivity index (χ0) is 17.8. The van der Waals surface area contributed by atoms with Crippen LogP contribution in [0.4, 0.5) is 0 Å². The Labute approximate surface area is 152 Å². The highest BCUT2D eigenvalue weighted by molar-refractivity contribution is 5.26. The van der Waals surface area contributed by atoms with Crippen LogP contribution in [0.2, 0.25) is 0 Å². The van der Waals surface area contributed by atoms with Crippen molar-refractivity contribution in [1.82, 2.24) is 0 Å². The molecular weight excluding hydrogens is 312 g/mol. The predicted octanol–water partition coefficient (Wildman–Crippen LogP) is 3.62. The molecule has 0 aromatic heterocycles. The van der Waals surface area contributed by atoms with Crippen molar-refractivity contribution in [3.63, 3.8) is 0 Å². The largest absolute Gasteiger partial charge is 0.393 e. The Hall–Kier alpha value is -0.120. The minimum Gasteiger partial charge on any atom is -0.393 e. The van der Waals surface area contributed by atoms with Crippen LogP contribution in [-0.4, -0.2) is 35.6 Å². The summed E-state index contributed by atoms with van der Waals surface area (Å²) >= 11 is 0. The van der Waals surface area contributed by atoms with Crippen molar-refractivity contribution < 1.29 is 14.9 Å². The summed E-state index contributed by atoms with van der Waals surface area (Å²) in [5.74, 6) is 2.96. The molecule has 5 aliphatic carbocycles. The van der Waals surface area contributed by atoms with E-state index < -0.39 is 6.10 Å². The first-order valence-corrected chi connectivity index (χ1v) is 10.7. The molecule has 142 valence electrons. The lowest BCUT2D eigenvalue weighted by Gasteiger charge is -2.60. The number of hydrogen-bond acceptors (Lipinski definition) is 3. The third kappa shape index (κ3) is 1.79. The van der Waals surface area contributed by atoms with E-state index in [0.717, 1.165) is 18.3 Å². The summed E-state index contributed by atoms with van der Waals surface area (Å²) < 4.78 is 6.13. The highest BCUT2D eigenvalue weighted by atomic mass is 16.5. The summed E-state index contributed by atoms with van der Waals surface area (Å²) in [6, 6.07) is 0. The third-order valence-corrected chi connectivity index (χ3v) is 10.5. The molecule has 0 aromatic rings. The van der Waals surface area contributed by atoms with Crippen molar-refractivity contribution in [3.8, 4) is 0 Å². The average molecular weight is 349 g/mol. The molecule has 1 spiro atoms. The lowest BCUT2D eigenvalue weighted by Crippen LogP contribution is -2.57. The van der Waals surface area contributed by atoms with E-state index in [1.807, 2.05) is 14.0 Å². The fraction of sp³-hybridized carbons (Fsp3) is 1.00. The normalized spacial score (nSPS) is 63.4. The molecule has 3 heteroatoms. The average Bonchev–Trinajstić information content (AvgIpc) is 3.10. The summed E-state index contributed by atoms with van der Waals surface area (Å²) in [7, 11) is 1.93. The molecule has 0 aromatic carbocycles. The van der Waals surface area contributed by atoms with Crippen molar-refractivity contribution in [2.24, 2.45) is 45.8 Å². The van der Waals surface area contributed by atoms with Crippen LogP contribution in [0.15, 0.2) is 0 Å². The van der Waals surface area contributed by atoms with Crippen molar-refractivity contribution in [2.75, 3.05) is 7.11 Å². The Morgan fingerprint density at radius 2 is 1.84 bits per heavy atom. The topological polar surface area (TPSA) is 49.7 Å². The van der Waals surface area contributed by atoms with Crippen molar-refractivity contribution in [1.29, 1.82) is 0 Å². The Morgan fingerprint density at radius 3 is 2.48 bits per heavy atom. The van der Waals surface area contributed by atoms with E-state index in [1.165, 1.54) is 38.5 Å². The zero-order valence-electron chi connectivity index (χ0n) is 16.4. The maximum Gasteiger partial charge on any atom is 0.0638 e. The molecule has 0 amide bonds. The number of ether oxygens (including phenoxy) is 1. The van der Waals surface area contributed by atoms with E-state index in [-0.39, 0.29) is 17.4 Å². The van der Waals surface area contributed by atoms with E-state index in [2.05, 4.69) is 13.8 Å². The van der Waals surface area contributed by atoms with Crippen molar-refractivity contribution >= 4 is 0 Å². The highest BCUT2D eigenvalue weighted by Gasteiger charge is 2.77. The molecule has 0 heterocycles. The smallest absolute Gasteiger partial charge is 0.0638 e. The highest BCUT2D eigenvalue weighted by Crippen LogP contribution is 2.82. The SMILES string of the molecule is CO[C@@H]1C[C@H]2[C@@H]3C[C@@H](O)[C@H]([C@H](C)O)[C@@]3(C)CC[C@@H]2[C@@]2(C)CC[C@@H]3C[C@]312. The lowest BCUT2D eigenvalue weighted by atomic mass is 9.45. The first kappa shape index (κ1) is 17.0. The fourth-order valence-electron chi connectivity index (χ4n) is 9.50. The molecule has 0 bridgehead atoms. The molecule has 11 atom stereocenters. The van der Waals surface area contributed by atoms with Gasteiger partial charge in [0.2, 0.25) is 0 Å². The van der Waals surface area contributed by atoms with Gasteiger partial charge in [0, 0.05) is 18.4 Å². The molecule has 0 saturated heterocycles. The number of hydrogen-bond donors (Lipinski definition) is 2. The molecule has 0 unspecified atom stereocenters. The van der Waals surface area contributed by atoms with Crippen LogP contribution in [-0.2, 0) is 4.74 Å². The second-order valence-electron chi connectivity index (χ2n) is 10.8. The van der Waals surface area contributed by atoms with Gasteiger partial charge in [0.1, 0.15) is 0 Å². The second-order valence-corrected chi connectivity index (χ2v) is 10.8. The predicted molar refractivity (Wildman–Crippen MR) is 96.9 cm³/mol.